The number of benzene rings is 2. The van der Waals surface area contributed by atoms with Crippen LogP contribution in [0, 0.1) is 0 Å². The summed E-state index contributed by atoms with van der Waals surface area (Å²) < 4.78 is 11.1. The van der Waals surface area contributed by atoms with Gasteiger partial charge in [-0.2, -0.15) is 0 Å². The fraction of sp³-hybridized carbons (Fsp3) is 0.350. The maximum absolute atomic E-state index is 10.9. The van der Waals surface area contributed by atoms with Gasteiger partial charge in [0.2, 0.25) is 0 Å². The molecular formula is C20H22Cl2N2O3. The second-order valence-corrected chi connectivity index (χ2v) is 7.06. The number of carbonyl (C=O) groups excluding carboxylic acids is 1. The highest BCUT2D eigenvalue weighted by molar-refractivity contribution is 6.43. The molecule has 0 aliphatic carbocycles. The Morgan fingerprint density at radius 3 is 2.56 bits per heavy atom. The molecule has 0 amide bonds. The molecule has 1 saturated heterocycles. The molecule has 0 N–H and O–H groups in total. The lowest BCUT2D eigenvalue weighted by atomic mass is 10.2. The van der Waals surface area contributed by atoms with Gasteiger partial charge in [-0.15, -0.1) is 0 Å². The number of ether oxygens (including phenoxy) is 2. The van der Waals surface area contributed by atoms with Gasteiger partial charge in [0.25, 0.3) is 0 Å². The number of piperazine rings is 1. The number of rotatable bonds is 7. The molecular weight excluding hydrogens is 387 g/mol. The van der Waals surface area contributed by atoms with E-state index < -0.39 is 0 Å². The molecule has 0 radical (unpaired) electrons. The van der Waals surface area contributed by atoms with Crippen molar-refractivity contribution in [1.82, 2.24) is 4.90 Å². The number of methoxy groups -OCH3 is 1. The normalized spacial score (nSPS) is 14.9. The van der Waals surface area contributed by atoms with Crippen LogP contribution >= 0.6 is 23.2 Å². The zero-order chi connectivity index (χ0) is 19.2. The molecule has 1 heterocycles. The van der Waals surface area contributed by atoms with E-state index in [9.17, 15) is 4.79 Å². The first-order valence-electron chi connectivity index (χ1n) is 8.79. The van der Waals surface area contributed by atoms with Gasteiger partial charge in [0, 0.05) is 38.3 Å². The van der Waals surface area contributed by atoms with Crippen molar-refractivity contribution >= 4 is 35.2 Å². The Balaban J connectivity index is 1.49. The first kappa shape index (κ1) is 19.8. The number of hydrogen-bond donors (Lipinski definition) is 0. The quantitative estimate of drug-likeness (QED) is 0.647. The van der Waals surface area contributed by atoms with Crippen molar-refractivity contribution < 1.29 is 14.3 Å². The minimum Gasteiger partial charge on any atom is -0.493 e. The van der Waals surface area contributed by atoms with Gasteiger partial charge in [-0.3, -0.25) is 9.69 Å². The van der Waals surface area contributed by atoms with E-state index in [4.69, 9.17) is 32.7 Å². The molecule has 0 bridgehead atoms. The number of carbonyl (C=O) groups is 1. The maximum atomic E-state index is 10.9. The van der Waals surface area contributed by atoms with Gasteiger partial charge in [-0.25, -0.2) is 0 Å². The minimum atomic E-state index is 0.550. The molecule has 2 aromatic carbocycles. The van der Waals surface area contributed by atoms with Crippen LogP contribution in [0.1, 0.15) is 10.4 Å². The van der Waals surface area contributed by atoms with Gasteiger partial charge in [-0.05, 0) is 30.3 Å². The van der Waals surface area contributed by atoms with Gasteiger partial charge in [-0.1, -0.05) is 29.3 Å². The first-order valence-corrected chi connectivity index (χ1v) is 9.55. The third-order valence-electron chi connectivity index (χ3n) is 4.63. The van der Waals surface area contributed by atoms with Crippen molar-refractivity contribution in [2.24, 2.45) is 0 Å². The second kappa shape index (κ2) is 9.31. The fourth-order valence-corrected chi connectivity index (χ4v) is 3.53. The van der Waals surface area contributed by atoms with E-state index in [0.717, 1.165) is 44.7 Å². The van der Waals surface area contributed by atoms with Crippen molar-refractivity contribution in [1.29, 1.82) is 0 Å². The Bertz CT molecular complexity index is 793. The molecule has 1 aliphatic heterocycles. The molecule has 27 heavy (non-hydrogen) atoms. The monoisotopic (exact) mass is 408 g/mol. The van der Waals surface area contributed by atoms with E-state index in [0.29, 0.717) is 33.7 Å². The van der Waals surface area contributed by atoms with Gasteiger partial charge in [0.05, 0.1) is 22.8 Å². The zero-order valence-corrected chi connectivity index (χ0v) is 16.7. The zero-order valence-electron chi connectivity index (χ0n) is 15.2. The average molecular weight is 409 g/mol. The van der Waals surface area contributed by atoms with Crippen LogP contribution in [0.5, 0.6) is 11.5 Å². The Kier molecular flexibility index (Phi) is 6.83. The molecule has 1 fully saturated rings. The van der Waals surface area contributed by atoms with E-state index in [1.165, 1.54) is 0 Å². The van der Waals surface area contributed by atoms with Crippen LogP contribution in [0.4, 0.5) is 5.69 Å². The fourth-order valence-electron chi connectivity index (χ4n) is 3.11. The van der Waals surface area contributed by atoms with E-state index >= 15 is 0 Å². The SMILES string of the molecule is COc1cc(C=O)ccc1OCCN1CCN(c2cccc(Cl)c2Cl)CC1. The van der Waals surface area contributed by atoms with Crippen molar-refractivity contribution in [2.45, 2.75) is 0 Å². The predicted molar refractivity (Wildman–Crippen MR) is 109 cm³/mol. The number of halogens is 2. The summed E-state index contributed by atoms with van der Waals surface area (Å²) >= 11 is 12.4. The average Bonchev–Trinajstić information content (AvgIpc) is 2.71. The Labute approximate surface area is 169 Å². The third-order valence-corrected chi connectivity index (χ3v) is 5.44. The second-order valence-electron chi connectivity index (χ2n) is 6.28. The summed E-state index contributed by atoms with van der Waals surface area (Å²) in [4.78, 5) is 15.5. The highest BCUT2D eigenvalue weighted by Crippen LogP contribution is 2.33. The minimum absolute atomic E-state index is 0.550. The topological polar surface area (TPSA) is 42.0 Å². The summed E-state index contributed by atoms with van der Waals surface area (Å²) in [5, 5.41) is 1.20. The van der Waals surface area contributed by atoms with Crippen LogP contribution in [0.2, 0.25) is 10.0 Å². The molecule has 3 rings (SSSR count). The summed E-state index contributed by atoms with van der Waals surface area (Å²) in [6.07, 6.45) is 0.790. The summed E-state index contributed by atoms with van der Waals surface area (Å²) in [6, 6.07) is 10.9. The first-order chi connectivity index (χ1) is 13.1. The van der Waals surface area contributed by atoms with Crippen molar-refractivity contribution in [3.8, 4) is 11.5 Å². The van der Waals surface area contributed by atoms with Crippen LogP contribution < -0.4 is 14.4 Å². The van der Waals surface area contributed by atoms with Crippen LogP contribution in [-0.4, -0.2) is 57.6 Å². The van der Waals surface area contributed by atoms with Crippen molar-refractivity contribution in [2.75, 3.05) is 51.3 Å². The summed E-state index contributed by atoms with van der Waals surface area (Å²) in [5.74, 6) is 1.22. The van der Waals surface area contributed by atoms with Crippen molar-refractivity contribution in [3.63, 3.8) is 0 Å². The third kappa shape index (κ3) is 4.86. The largest absolute Gasteiger partial charge is 0.493 e. The number of nitrogens with zero attached hydrogens (tertiary/aromatic N) is 2. The molecule has 0 atom stereocenters. The van der Waals surface area contributed by atoms with E-state index in [-0.39, 0.29) is 0 Å². The molecule has 0 spiro atoms. The molecule has 2 aromatic rings. The molecule has 7 heteroatoms. The smallest absolute Gasteiger partial charge is 0.161 e. The van der Waals surface area contributed by atoms with Crippen LogP contribution in [0.25, 0.3) is 0 Å². The van der Waals surface area contributed by atoms with Gasteiger partial charge in [0.15, 0.2) is 11.5 Å². The van der Waals surface area contributed by atoms with Gasteiger partial charge < -0.3 is 14.4 Å². The summed E-state index contributed by atoms with van der Waals surface area (Å²) in [5.41, 5.74) is 1.55. The van der Waals surface area contributed by atoms with Crippen LogP contribution in [0.3, 0.4) is 0 Å². The summed E-state index contributed by atoms with van der Waals surface area (Å²) in [6.45, 7) is 4.99. The van der Waals surface area contributed by atoms with Crippen LogP contribution in [-0.2, 0) is 0 Å². The van der Waals surface area contributed by atoms with Crippen molar-refractivity contribution in [3.05, 3.63) is 52.0 Å². The van der Waals surface area contributed by atoms with Gasteiger partial charge in [0.1, 0.15) is 12.9 Å². The molecule has 1 aliphatic rings. The number of hydrogen-bond acceptors (Lipinski definition) is 5. The predicted octanol–water partition coefficient (Wildman–Crippen LogP) is 4.02. The summed E-state index contributed by atoms with van der Waals surface area (Å²) in [7, 11) is 1.57. The standard InChI is InChI=1S/C20H22Cl2N2O3/c1-26-19-13-15(14-25)5-6-18(19)27-12-11-23-7-9-24(10-8-23)17-4-2-3-16(21)20(17)22/h2-6,13-14H,7-12H2,1H3. The molecule has 0 unspecified atom stereocenters. The molecule has 0 saturated carbocycles. The van der Waals surface area contributed by atoms with E-state index in [1.807, 2.05) is 12.1 Å². The lowest BCUT2D eigenvalue weighted by molar-refractivity contribution is 0.112. The number of aldehydes is 1. The molecule has 144 valence electrons. The lowest BCUT2D eigenvalue weighted by Crippen LogP contribution is -2.47. The van der Waals surface area contributed by atoms with Crippen LogP contribution in [0.15, 0.2) is 36.4 Å². The highest BCUT2D eigenvalue weighted by Gasteiger charge is 2.19. The maximum Gasteiger partial charge on any atom is 0.161 e. The lowest BCUT2D eigenvalue weighted by Gasteiger charge is -2.36. The Morgan fingerprint density at radius 2 is 1.85 bits per heavy atom. The molecule has 0 aromatic heterocycles. The highest BCUT2D eigenvalue weighted by atomic mass is 35.5. The molecule has 5 nitrogen and oxygen atoms in total. The van der Waals surface area contributed by atoms with E-state index in [1.54, 1.807) is 31.4 Å². The van der Waals surface area contributed by atoms with E-state index in [2.05, 4.69) is 9.80 Å². The van der Waals surface area contributed by atoms with Gasteiger partial charge >= 0.3 is 0 Å². The number of anilines is 1. The Hall–Kier alpha value is -1.95. The Morgan fingerprint density at radius 1 is 1.07 bits per heavy atom.